The number of nitrogens with one attached hydrogen (secondary N) is 1. The SMILES string of the molecule is Fc1cc(NCC2CC2)ccc1N1CCCC1. The van der Waals surface area contributed by atoms with Gasteiger partial charge in [0.05, 0.1) is 5.69 Å². The van der Waals surface area contributed by atoms with Crippen molar-refractivity contribution >= 4 is 11.4 Å². The molecule has 1 aliphatic heterocycles. The molecule has 2 fully saturated rings. The second-order valence-electron chi connectivity index (χ2n) is 5.18. The summed E-state index contributed by atoms with van der Waals surface area (Å²) in [5.74, 6) is 0.726. The highest BCUT2D eigenvalue weighted by molar-refractivity contribution is 5.56. The van der Waals surface area contributed by atoms with Crippen LogP contribution in [0.25, 0.3) is 0 Å². The molecule has 17 heavy (non-hydrogen) atoms. The maximum Gasteiger partial charge on any atom is 0.148 e. The molecule has 0 spiro atoms. The largest absolute Gasteiger partial charge is 0.385 e. The Balaban J connectivity index is 1.68. The minimum absolute atomic E-state index is 0.0901. The number of rotatable bonds is 4. The maximum absolute atomic E-state index is 14.0. The summed E-state index contributed by atoms with van der Waals surface area (Å²) in [5, 5.41) is 3.31. The molecule has 2 nitrogen and oxygen atoms in total. The van der Waals surface area contributed by atoms with Crippen molar-refractivity contribution in [3.8, 4) is 0 Å². The third-order valence-corrected chi connectivity index (χ3v) is 3.69. The van der Waals surface area contributed by atoms with Gasteiger partial charge in [-0.25, -0.2) is 4.39 Å². The molecule has 0 unspecified atom stereocenters. The topological polar surface area (TPSA) is 15.3 Å². The van der Waals surface area contributed by atoms with Gasteiger partial charge in [-0.15, -0.1) is 0 Å². The van der Waals surface area contributed by atoms with Crippen LogP contribution in [0.1, 0.15) is 25.7 Å². The summed E-state index contributed by atoms with van der Waals surface area (Å²) in [6, 6.07) is 5.55. The number of hydrogen-bond donors (Lipinski definition) is 1. The van der Waals surface area contributed by atoms with Crippen LogP contribution in [0.4, 0.5) is 15.8 Å². The summed E-state index contributed by atoms with van der Waals surface area (Å²) in [6.07, 6.45) is 5.00. The quantitative estimate of drug-likeness (QED) is 0.860. The molecule has 1 saturated heterocycles. The van der Waals surface area contributed by atoms with Gasteiger partial charge in [0.1, 0.15) is 5.82 Å². The third kappa shape index (κ3) is 2.54. The number of benzene rings is 1. The number of anilines is 2. The van der Waals surface area contributed by atoms with E-state index in [2.05, 4.69) is 10.2 Å². The predicted molar refractivity (Wildman–Crippen MR) is 69.1 cm³/mol. The van der Waals surface area contributed by atoms with Gasteiger partial charge in [0, 0.05) is 25.3 Å². The lowest BCUT2D eigenvalue weighted by Crippen LogP contribution is -2.19. The monoisotopic (exact) mass is 234 g/mol. The lowest BCUT2D eigenvalue weighted by atomic mass is 10.2. The van der Waals surface area contributed by atoms with E-state index in [1.165, 1.54) is 25.7 Å². The van der Waals surface area contributed by atoms with Crippen LogP contribution in [0.2, 0.25) is 0 Å². The first-order valence-electron chi connectivity index (χ1n) is 6.61. The Kier molecular flexibility index (Phi) is 2.91. The number of nitrogens with zero attached hydrogens (tertiary/aromatic N) is 1. The first kappa shape index (κ1) is 10.9. The van der Waals surface area contributed by atoms with Crippen LogP contribution in [-0.4, -0.2) is 19.6 Å². The first-order chi connectivity index (χ1) is 8.33. The van der Waals surface area contributed by atoms with Gasteiger partial charge in [0.25, 0.3) is 0 Å². The van der Waals surface area contributed by atoms with Gasteiger partial charge in [0.15, 0.2) is 0 Å². The molecule has 1 aliphatic carbocycles. The molecule has 2 aliphatic rings. The van der Waals surface area contributed by atoms with Crippen molar-refractivity contribution in [1.82, 2.24) is 0 Å². The van der Waals surface area contributed by atoms with E-state index >= 15 is 0 Å². The second kappa shape index (κ2) is 4.55. The number of halogens is 1. The van der Waals surface area contributed by atoms with Crippen molar-refractivity contribution in [2.24, 2.45) is 5.92 Å². The van der Waals surface area contributed by atoms with Gasteiger partial charge in [0.2, 0.25) is 0 Å². The summed E-state index contributed by atoms with van der Waals surface area (Å²) < 4.78 is 14.0. The molecule has 3 heteroatoms. The van der Waals surface area contributed by atoms with E-state index in [1.54, 1.807) is 6.07 Å². The highest BCUT2D eigenvalue weighted by atomic mass is 19.1. The van der Waals surface area contributed by atoms with Gasteiger partial charge < -0.3 is 10.2 Å². The predicted octanol–water partition coefficient (Wildman–Crippen LogP) is 3.25. The van der Waals surface area contributed by atoms with E-state index in [9.17, 15) is 4.39 Å². The molecule has 1 saturated carbocycles. The molecule has 0 radical (unpaired) electrons. The molecule has 1 heterocycles. The van der Waals surface area contributed by atoms with Crippen molar-refractivity contribution in [1.29, 1.82) is 0 Å². The third-order valence-electron chi connectivity index (χ3n) is 3.69. The molecule has 0 aromatic heterocycles. The van der Waals surface area contributed by atoms with E-state index < -0.39 is 0 Å². The molecule has 1 aromatic rings. The van der Waals surface area contributed by atoms with Crippen LogP contribution in [0, 0.1) is 11.7 Å². The van der Waals surface area contributed by atoms with Crippen LogP contribution in [0.5, 0.6) is 0 Å². The van der Waals surface area contributed by atoms with Crippen LogP contribution in [0.15, 0.2) is 18.2 Å². The van der Waals surface area contributed by atoms with E-state index in [0.717, 1.165) is 36.9 Å². The highest BCUT2D eigenvalue weighted by Crippen LogP contribution is 2.30. The summed E-state index contributed by atoms with van der Waals surface area (Å²) >= 11 is 0. The fourth-order valence-electron chi connectivity index (χ4n) is 2.42. The van der Waals surface area contributed by atoms with Gasteiger partial charge >= 0.3 is 0 Å². The van der Waals surface area contributed by atoms with E-state index in [0.29, 0.717) is 0 Å². The van der Waals surface area contributed by atoms with Gasteiger partial charge in [-0.05, 0) is 49.8 Å². The molecule has 92 valence electrons. The van der Waals surface area contributed by atoms with Gasteiger partial charge in [-0.2, -0.15) is 0 Å². The summed E-state index contributed by atoms with van der Waals surface area (Å²) in [4.78, 5) is 2.14. The Morgan fingerprint density at radius 3 is 2.65 bits per heavy atom. The average molecular weight is 234 g/mol. The first-order valence-corrected chi connectivity index (χ1v) is 6.61. The fraction of sp³-hybridized carbons (Fsp3) is 0.571. The average Bonchev–Trinajstić information content (AvgIpc) is 3.01. The summed E-state index contributed by atoms with van der Waals surface area (Å²) in [5.41, 5.74) is 1.68. The van der Waals surface area contributed by atoms with Crippen LogP contribution < -0.4 is 10.2 Å². The normalized spacial score (nSPS) is 19.7. The van der Waals surface area contributed by atoms with Crippen molar-refractivity contribution < 1.29 is 4.39 Å². The van der Waals surface area contributed by atoms with E-state index in [-0.39, 0.29) is 5.82 Å². The molecular weight excluding hydrogens is 215 g/mol. The van der Waals surface area contributed by atoms with Crippen molar-refractivity contribution in [2.75, 3.05) is 29.9 Å². The zero-order valence-corrected chi connectivity index (χ0v) is 10.1. The minimum atomic E-state index is -0.0901. The van der Waals surface area contributed by atoms with Crippen LogP contribution >= 0.6 is 0 Å². The van der Waals surface area contributed by atoms with E-state index in [1.807, 2.05) is 12.1 Å². The Morgan fingerprint density at radius 1 is 1.24 bits per heavy atom. The molecule has 0 atom stereocenters. The maximum atomic E-state index is 14.0. The van der Waals surface area contributed by atoms with E-state index in [4.69, 9.17) is 0 Å². The fourth-order valence-corrected chi connectivity index (χ4v) is 2.42. The summed E-state index contributed by atoms with van der Waals surface area (Å²) in [7, 11) is 0. The molecule has 1 aromatic carbocycles. The summed E-state index contributed by atoms with van der Waals surface area (Å²) in [6.45, 7) is 2.97. The zero-order valence-electron chi connectivity index (χ0n) is 10.1. The molecule has 0 amide bonds. The van der Waals surface area contributed by atoms with Crippen molar-refractivity contribution in [2.45, 2.75) is 25.7 Å². The Bertz CT molecular complexity index is 395. The molecule has 3 rings (SSSR count). The highest BCUT2D eigenvalue weighted by Gasteiger charge is 2.21. The van der Waals surface area contributed by atoms with Gasteiger partial charge in [-0.3, -0.25) is 0 Å². The lowest BCUT2D eigenvalue weighted by molar-refractivity contribution is 0.623. The standard InChI is InChI=1S/C14H19FN2/c15-13-9-12(16-10-11-3-4-11)5-6-14(13)17-7-1-2-8-17/h5-6,9,11,16H,1-4,7-8,10H2. The van der Waals surface area contributed by atoms with Crippen molar-refractivity contribution in [3.63, 3.8) is 0 Å². The van der Waals surface area contributed by atoms with Crippen LogP contribution in [-0.2, 0) is 0 Å². The Morgan fingerprint density at radius 2 is 2.00 bits per heavy atom. The van der Waals surface area contributed by atoms with Crippen LogP contribution in [0.3, 0.4) is 0 Å². The van der Waals surface area contributed by atoms with Crippen molar-refractivity contribution in [3.05, 3.63) is 24.0 Å². The second-order valence-corrected chi connectivity index (χ2v) is 5.18. The smallest absolute Gasteiger partial charge is 0.148 e. The zero-order chi connectivity index (χ0) is 11.7. The molecule has 1 N–H and O–H groups in total. The lowest BCUT2D eigenvalue weighted by Gasteiger charge is -2.19. The Labute approximate surface area is 102 Å². The molecule has 0 bridgehead atoms. The minimum Gasteiger partial charge on any atom is -0.385 e. The Hall–Kier alpha value is -1.25. The van der Waals surface area contributed by atoms with Gasteiger partial charge in [-0.1, -0.05) is 0 Å². The number of hydrogen-bond acceptors (Lipinski definition) is 2. The molecular formula is C14H19FN2.